The van der Waals surface area contributed by atoms with Gasteiger partial charge in [-0.3, -0.25) is 0 Å². The van der Waals surface area contributed by atoms with Gasteiger partial charge in [0.05, 0.1) is 6.61 Å². The topological polar surface area (TPSA) is 21.3 Å². The molecule has 0 bridgehead atoms. The second kappa shape index (κ2) is 6.62. The van der Waals surface area contributed by atoms with Crippen molar-refractivity contribution in [3.63, 3.8) is 0 Å². The van der Waals surface area contributed by atoms with E-state index in [-0.39, 0.29) is 0 Å². The number of hydrogen-bond donors (Lipinski definition) is 1. The molecule has 1 fully saturated rings. The van der Waals surface area contributed by atoms with Gasteiger partial charge in [0.15, 0.2) is 0 Å². The van der Waals surface area contributed by atoms with E-state index in [1.54, 1.807) is 0 Å². The Morgan fingerprint density at radius 3 is 2.84 bits per heavy atom. The highest BCUT2D eigenvalue weighted by atomic mass is 35.5. The summed E-state index contributed by atoms with van der Waals surface area (Å²) in [4.78, 5) is 0. The van der Waals surface area contributed by atoms with Crippen molar-refractivity contribution in [2.24, 2.45) is 5.92 Å². The van der Waals surface area contributed by atoms with Gasteiger partial charge in [-0.25, -0.2) is 0 Å². The third kappa shape index (κ3) is 3.87. The number of rotatable bonds is 4. The molecule has 1 aromatic rings. The van der Waals surface area contributed by atoms with Crippen LogP contribution >= 0.6 is 11.6 Å². The van der Waals surface area contributed by atoms with E-state index in [1.807, 2.05) is 6.07 Å². The second-order valence-electron chi connectivity index (χ2n) is 5.82. The Labute approximate surface area is 121 Å². The van der Waals surface area contributed by atoms with Gasteiger partial charge in [-0.15, -0.1) is 0 Å². The maximum absolute atomic E-state index is 6.28. The fourth-order valence-electron chi connectivity index (χ4n) is 2.54. The quantitative estimate of drug-likeness (QED) is 0.895. The molecular weight excluding hydrogens is 258 g/mol. The predicted molar refractivity (Wildman–Crippen MR) is 81.4 cm³/mol. The smallest absolute Gasteiger partial charge is 0.122 e. The molecule has 2 nitrogen and oxygen atoms in total. The largest absolute Gasteiger partial charge is 0.493 e. The van der Waals surface area contributed by atoms with Crippen molar-refractivity contribution in [1.29, 1.82) is 0 Å². The summed E-state index contributed by atoms with van der Waals surface area (Å²) >= 11 is 6.28. The van der Waals surface area contributed by atoms with Crippen LogP contribution in [-0.4, -0.2) is 19.7 Å². The molecule has 0 radical (unpaired) electrons. The number of halogens is 1. The molecule has 2 rings (SSSR count). The van der Waals surface area contributed by atoms with Gasteiger partial charge in [0.25, 0.3) is 0 Å². The minimum absolute atomic E-state index is 0.423. The molecule has 106 valence electrons. The van der Waals surface area contributed by atoms with Crippen molar-refractivity contribution < 1.29 is 4.74 Å². The van der Waals surface area contributed by atoms with Gasteiger partial charge in [-0.1, -0.05) is 25.4 Å². The number of piperidine rings is 1. The van der Waals surface area contributed by atoms with E-state index in [4.69, 9.17) is 16.3 Å². The van der Waals surface area contributed by atoms with E-state index in [1.165, 1.54) is 18.4 Å². The predicted octanol–water partition coefficient (Wildman–Crippen LogP) is 4.15. The lowest BCUT2D eigenvalue weighted by atomic mass is 10.00. The van der Waals surface area contributed by atoms with E-state index in [0.717, 1.165) is 36.0 Å². The van der Waals surface area contributed by atoms with Crippen molar-refractivity contribution >= 4 is 11.6 Å². The standard InChI is InChI=1S/C16H24ClNO/c1-11(2)14-8-16(12(3)7-15(14)17)19-10-13-5-4-6-18-9-13/h7-8,11,13,18H,4-6,9-10H2,1-3H3. The molecule has 0 saturated carbocycles. The van der Waals surface area contributed by atoms with Crippen LogP contribution in [0.4, 0.5) is 0 Å². The summed E-state index contributed by atoms with van der Waals surface area (Å²) in [7, 11) is 0. The lowest BCUT2D eigenvalue weighted by Crippen LogP contribution is -2.33. The molecule has 1 unspecified atom stereocenters. The van der Waals surface area contributed by atoms with Crippen LogP contribution in [0.3, 0.4) is 0 Å². The van der Waals surface area contributed by atoms with Crippen LogP contribution in [0, 0.1) is 12.8 Å². The normalized spacial score (nSPS) is 19.7. The summed E-state index contributed by atoms with van der Waals surface area (Å²) in [5.41, 5.74) is 2.29. The molecular formula is C16H24ClNO. The Hall–Kier alpha value is -0.730. The molecule has 1 aliphatic heterocycles. The number of aryl methyl sites for hydroxylation is 1. The van der Waals surface area contributed by atoms with Gasteiger partial charge < -0.3 is 10.1 Å². The number of ether oxygens (including phenoxy) is 1. The zero-order valence-corrected chi connectivity index (χ0v) is 12.9. The molecule has 1 heterocycles. The highest BCUT2D eigenvalue weighted by Gasteiger charge is 2.15. The Kier molecular flexibility index (Phi) is 5.12. The molecule has 0 spiro atoms. The Bertz CT molecular complexity index is 425. The molecule has 3 heteroatoms. The first kappa shape index (κ1) is 14.7. The maximum Gasteiger partial charge on any atom is 0.122 e. The van der Waals surface area contributed by atoms with Gasteiger partial charge in [0, 0.05) is 17.5 Å². The zero-order valence-electron chi connectivity index (χ0n) is 12.1. The van der Waals surface area contributed by atoms with E-state index in [2.05, 4.69) is 32.2 Å². The van der Waals surface area contributed by atoms with Crippen LogP contribution in [0.25, 0.3) is 0 Å². The fourth-order valence-corrected chi connectivity index (χ4v) is 2.98. The molecule has 1 aromatic carbocycles. The molecule has 1 aliphatic rings. The van der Waals surface area contributed by atoms with Crippen LogP contribution in [0.5, 0.6) is 5.75 Å². The summed E-state index contributed by atoms with van der Waals surface area (Å²) < 4.78 is 6.02. The van der Waals surface area contributed by atoms with Gasteiger partial charge in [0.2, 0.25) is 0 Å². The molecule has 1 N–H and O–H groups in total. The van der Waals surface area contributed by atoms with Gasteiger partial charge >= 0.3 is 0 Å². The first-order valence-corrected chi connectivity index (χ1v) is 7.59. The van der Waals surface area contributed by atoms with Crippen LogP contribution < -0.4 is 10.1 Å². The van der Waals surface area contributed by atoms with Gasteiger partial charge in [-0.05, 0) is 55.5 Å². The van der Waals surface area contributed by atoms with Crippen molar-refractivity contribution in [3.8, 4) is 5.75 Å². The minimum Gasteiger partial charge on any atom is -0.493 e. The summed E-state index contributed by atoms with van der Waals surface area (Å²) in [6, 6.07) is 4.13. The third-order valence-electron chi connectivity index (χ3n) is 3.79. The zero-order chi connectivity index (χ0) is 13.8. The van der Waals surface area contributed by atoms with E-state index in [9.17, 15) is 0 Å². The molecule has 0 aromatic heterocycles. The Balaban J connectivity index is 2.04. The Morgan fingerprint density at radius 1 is 1.42 bits per heavy atom. The van der Waals surface area contributed by atoms with E-state index in [0.29, 0.717) is 11.8 Å². The SMILES string of the molecule is Cc1cc(Cl)c(C(C)C)cc1OCC1CCCNC1. The average molecular weight is 282 g/mol. The van der Waals surface area contributed by atoms with Crippen molar-refractivity contribution in [1.82, 2.24) is 5.32 Å². The van der Waals surface area contributed by atoms with Crippen LogP contribution in [-0.2, 0) is 0 Å². The number of hydrogen-bond acceptors (Lipinski definition) is 2. The van der Waals surface area contributed by atoms with E-state index >= 15 is 0 Å². The maximum atomic E-state index is 6.28. The van der Waals surface area contributed by atoms with E-state index < -0.39 is 0 Å². The molecule has 0 aliphatic carbocycles. The lowest BCUT2D eigenvalue weighted by molar-refractivity contribution is 0.217. The molecule has 0 amide bonds. The van der Waals surface area contributed by atoms with Gasteiger partial charge in [-0.2, -0.15) is 0 Å². The van der Waals surface area contributed by atoms with Crippen molar-refractivity contribution in [2.75, 3.05) is 19.7 Å². The van der Waals surface area contributed by atoms with Crippen LogP contribution in [0.2, 0.25) is 5.02 Å². The number of benzene rings is 1. The molecule has 1 atom stereocenters. The fraction of sp³-hybridized carbons (Fsp3) is 0.625. The average Bonchev–Trinajstić information content (AvgIpc) is 2.38. The lowest BCUT2D eigenvalue weighted by Gasteiger charge is -2.23. The number of nitrogens with one attached hydrogen (secondary N) is 1. The van der Waals surface area contributed by atoms with Crippen molar-refractivity contribution in [2.45, 2.75) is 39.5 Å². The third-order valence-corrected chi connectivity index (χ3v) is 4.12. The second-order valence-corrected chi connectivity index (χ2v) is 6.22. The minimum atomic E-state index is 0.423. The summed E-state index contributed by atoms with van der Waals surface area (Å²) in [6.45, 7) is 9.39. The van der Waals surface area contributed by atoms with Crippen LogP contribution in [0.15, 0.2) is 12.1 Å². The highest BCUT2D eigenvalue weighted by molar-refractivity contribution is 6.31. The summed E-state index contributed by atoms with van der Waals surface area (Å²) in [6.07, 6.45) is 2.52. The first-order chi connectivity index (χ1) is 9.08. The highest BCUT2D eigenvalue weighted by Crippen LogP contribution is 2.31. The molecule has 19 heavy (non-hydrogen) atoms. The Morgan fingerprint density at radius 2 is 2.21 bits per heavy atom. The monoisotopic (exact) mass is 281 g/mol. The van der Waals surface area contributed by atoms with Crippen molar-refractivity contribution in [3.05, 3.63) is 28.3 Å². The summed E-state index contributed by atoms with van der Waals surface area (Å²) in [5, 5.41) is 4.27. The molecule has 1 saturated heterocycles. The summed E-state index contributed by atoms with van der Waals surface area (Å²) in [5.74, 6) is 2.04. The van der Waals surface area contributed by atoms with Crippen LogP contribution in [0.1, 0.15) is 43.7 Å². The first-order valence-electron chi connectivity index (χ1n) is 7.21. The van der Waals surface area contributed by atoms with Gasteiger partial charge in [0.1, 0.15) is 5.75 Å².